The van der Waals surface area contributed by atoms with E-state index >= 15 is 0 Å². The minimum absolute atomic E-state index is 0.0850. The molecule has 0 saturated carbocycles. The number of nitrogens with one attached hydrogen (secondary N) is 1. The van der Waals surface area contributed by atoms with E-state index in [4.69, 9.17) is 0 Å². The Kier molecular flexibility index (Phi) is 5.69. The molecule has 28 heavy (non-hydrogen) atoms. The number of methoxy groups -OCH3 is 1. The van der Waals surface area contributed by atoms with Crippen LogP contribution in [0.1, 0.15) is 39.1 Å². The molecule has 148 valence electrons. The van der Waals surface area contributed by atoms with Crippen molar-refractivity contribution >= 4 is 27.6 Å². The molecule has 1 N–H and O–H groups in total. The molecule has 2 aromatic rings. The van der Waals surface area contributed by atoms with Crippen molar-refractivity contribution in [2.75, 3.05) is 24.9 Å². The molecule has 0 aliphatic carbocycles. The van der Waals surface area contributed by atoms with Gasteiger partial charge in [-0.2, -0.15) is 0 Å². The van der Waals surface area contributed by atoms with Crippen LogP contribution in [-0.4, -0.2) is 45.4 Å². The van der Waals surface area contributed by atoms with Gasteiger partial charge in [0.15, 0.2) is 0 Å². The van der Waals surface area contributed by atoms with Crippen LogP contribution in [0.4, 0.5) is 5.69 Å². The molecule has 0 bridgehead atoms. The van der Waals surface area contributed by atoms with E-state index in [1.165, 1.54) is 31.4 Å². The number of likely N-dealkylation sites (tertiary alicyclic amines) is 1. The van der Waals surface area contributed by atoms with Gasteiger partial charge in [0.05, 0.1) is 28.8 Å². The van der Waals surface area contributed by atoms with Gasteiger partial charge < -0.3 is 9.64 Å². The Morgan fingerprint density at radius 1 is 1.07 bits per heavy atom. The van der Waals surface area contributed by atoms with E-state index in [-0.39, 0.29) is 22.1 Å². The van der Waals surface area contributed by atoms with Crippen LogP contribution in [0.15, 0.2) is 47.4 Å². The lowest BCUT2D eigenvalue weighted by Gasteiger charge is -2.20. The SMILES string of the molecule is COC(=O)c1cccc(S(=O)(=O)Nc2c(C)cccc2C(=O)N2CCCC2)c1. The van der Waals surface area contributed by atoms with Crippen LogP contribution in [0.5, 0.6) is 0 Å². The molecule has 1 aliphatic rings. The number of para-hydroxylation sites is 1. The molecule has 8 heteroatoms. The van der Waals surface area contributed by atoms with Crippen molar-refractivity contribution in [2.24, 2.45) is 0 Å². The highest BCUT2D eigenvalue weighted by molar-refractivity contribution is 7.92. The average molecular weight is 402 g/mol. The van der Waals surface area contributed by atoms with Crippen LogP contribution in [0.3, 0.4) is 0 Å². The van der Waals surface area contributed by atoms with Crippen molar-refractivity contribution in [3.8, 4) is 0 Å². The maximum absolute atomic E-state index is 12.9. The number of carbonyl (C=O) groups excluding carboxylic acids is 2. The highest BCUT2D eigenvalue weighted by Gasteiger charge is 2.25. The van der Waals surface area contributed by atoms with Gasteiger partial charge in [0, 0.05) is 13.1 Å². The number of esters is 1. The van der Waals surface area contributed by atoms with Gasteiger partial charge in [-0.3, -0.25) is 9.52 Å². The minimum atomic E-state index is -4.01. The number of ether oxygens (including phenoxy) is 1. The summed E-state index contributed by atoms with van der Waals surface area (Å²) in [6.45, 7) is 3.07. The summed E-state index contributed by atoms with van der Waals surface area (Å²) in [4.78, 5) is 26.2. The summed E-state index contributed by atoms with van der Waals surface area (Å²) in [7, 11) is -2.78. The number of carbonyl (C=O) groups is 2. The zero-order valence-electron chi connectivity index (χ0n) is 15.8. The van der Waals surface area contributed by atoms with Crippen LogP contribution in [0.2, 0.25) is 0 Å². The topological polar surface area (TPSA) is 92.8 Å². The fraction of sp³-hybridized carbons (Fsp3) is 0.300. The number of hydrogen-bond donors (Lipinski definition) is 1. The zero-order valence-corrected chi connectivity index (χ0v) is 16.6. The molecule has 7 nitrogen and oxygen atoms in total. The van der Waals surface area contributed by atoms with Gasteiger partial charge in [0.1, 0.15) is 0 Å². The highest BCUT2D eigenvalue weighted by Crippen LogP contribution is 2.27. The van der Waals surface area contributed by atoms with Crippen molar-refractivity contribution in [3.05, 3.63) is 59.2 Å². The number of anilines is 1. The summed E-state index contributed by atoms with van der Waals surface area (Å²) in [5.74, 6) is -0.819. The monoisotopic (exact) mass is 402 g/mol. The Hall–Kier alpha value is -2.87. The number of hydrogen-bond acceptors (Lipinski definition) is 5. The summed E-state index contributed by atoms with van der Waals surface area (Å²) in [6, 6.07) is 10.7. The predicted molar refractivity (Wildman–Crippen MR) is 105 cm³/mol. The van der Waals surface area contributed by atoms with Crippen LogP contribution in [-0.2, 0) is 14.8 Å². The fourth-order valence-corrected chi connectivity index (χ4v) is 4.37. The maximum Gasteiger partial charge on any atom is 0.337 e. The second-order valence-corrected chi connectivity index (χ2v) is 8.30. The molecule has 3 rings (SSSR count). The first-order valence-electron chi connectivity index (χ1n) is 8.93. The molecule has 1 fully saturated rings. The lowest BCUT2D eigenvalue weighted by Crippen LogP contribution is -2.29. The van der Waals surface area contributed by atoms with Crippen LogP contribution < -0.4 is 4.72 Å². The third kappa shape index (κ3) is 4.01. The molecule has 0 aromatic heterocycles. The normalized spacial score (nSPS) is 14.0. The first-order valence-corrected chi connectivity index (χ1v) is 10.4. The molecule has 1 aliphatic heterocycles. The number of benzene rings is 2. The standard InChI is InChI=1S/C20H22N2O5S/c1-14-7-5-10-17(19(23)22-11-3-4-12-22)18(14)21-28(25,26)16-9-6-8-15(13-16)20(24)27-2/h5-10,13,21H,3-4,11-12H2,1-2H3. The third-order valence-corrected chi connectivity index (χ3v) is 6.05. The first kappa shape index (κ1) is 19.9. The van der Waals surface area contributed by atoms with Gasteiger partial charge in [0.2, 0.25) is 0 Å². The lowest BCUT2D eigenvalue weighted by atomic mass is 10.1. The highest BCUT2D eigenvalue weighted by atomic mass is 32.2. The number of rotatable bonds is 5. The van der Waals surface area contributed by atoms with Crippen molar-refractivity contribution in [3.63, 3.8) is 0 Å². The zero-order chi connectivity index (χ0) is 20.3. The molecule has 2 aromatic carbocycles. The number of sulfonamides is 1. The molecular weight excluding hydrogens is 380 g/mol. The van der Waals surface area contributed by atoms with Crippen molar-refractivity contribution in [1.82, 2.24) is 4.90 Å². The van der Waals surface area contributed by atoms with E-state index in [0.717, 1.165) is 12.8 Å². The van der Waals surface area contributed by atoms with Gasteiger partial charge in [-0.05, 0) is 49.6 Å². The van der Waals surface area contributed by atoms with Gasteiger partial charge in [0.25, 0.3) is 15.9 Å². The summed E-state index contributed by atoms with van der Waals surface area (Å²) in [5, 5.41) is 0. The largest absolute Gasteiger partial charge is 0.465 e. The molecule has 1 saturated heterocycles. The van der Waals surface area contributed by atoms with Gasteiger partial charge in [-0.1, -0.05) is 18.2 Å². The van der Waals surface area contributed by atoms with Crippen LogP contribution >= 0.6 is 0 Å². The van der Waals surface area contributed by atoms with Crippen LogP contribution in [0, 0.1) is 6.92 Å². The molecular formula is C20H22N2O5S. The minimum Gasteiger partial charge on any atom is -0.465 e. The summed E-state index contributed by atoms with van der Waals surface area (Å²) >= 11 is 0. The Bertz CT molecular complexity index is 1010. The maximum atomic E-state index is 12.9. The molecule has 0 spiro atoms. The number of nitrogens with zero attached hydrogens (tertiary/aromatic N) is 1. The Balaban J connectivity index is 1.97. The summed E-state index contributed by atoms with van der Waals surface area (Å²) in [6.07, 6.45) is 1.89. The van der Waals surface area contributed by atoms with E-state index in [1.54, 1.807) is 30.0 Å². The summed E-state index contributed by atoms with van der Waals surface area (Å²) in [5.41, 5.74) is 1.33. The Morgan fingerprint density at radius 2 is 1.75 bits per heavy atom. The van der Waals surface area contributed by atoms with Crippen molar-refractivity contribution < 1.29 is 22.7 Å². The van der Waals surface area contributed by atoms with Crippen molar-refractivity contribution in [1.29, 1.82) is 0 Å². The average Bonchev–Trinajstić information content (AvgIpc) is 3.23. The Morgan fingerprint density at radius 3 is 2.43 bits per heavy atom. The summed E-state index contributed by atoms with van der Waals surface area (Å²) < 4.78 is 33.0. The second-order valence-electron chi connectivity index (χ2n) is 6.62. The smallest absolute Gasteiger partial charge is 0.337 e. The Labute approximate surface area is 164 Å². The molecule has 1 amide bonds. The number of aryl methyl sites for hydroxylation is 1. The van der Waals surface area contributed by atoms with Gasteiger partial charge >= 0.3 is 5.97 Å². The van der Waals surface area contributed by atoms with Gasteiger partial charge in [-0.25, -0.2) is 13.2 Å². The molecule has 1 heterocycles. The quantitative estimate of drug-likeness (QED) is 0.777. The van der Waals surface area contributed by atoms with E-state index < -0.39 is 16.0 Å². The molecule has 0 radical (unpaired) electrons. The molecule has 0 unspecified atom stereocenters. The first-order chi connectivity index (χ1) is 13.3. The molecule has 0 atom stereocenters. The van der Waals surface area contributed by atoms with E-state index in [1.807, 2.05) is 0 Å². The van der Waals surface area contributed by atoms with Crippen molar-refractivity contribution in [2.45, 2.75) is 24.7 Å². The van der Waals surface area contributed by atoms with E-state index in [9.17, 15) is 18.0 Å². The van der Waals surface area contributed by atoms with Crippen LogP contribution in [0.25, 0.3) is 0 Å². The predicted octanol–water partition coefficient (Wildman–Crippen LogP) is 2.82. The fourth-order valence-electron chi connectivity index (χ4n) is 3.17. The second kappa shape index (κ2) is 8.02. The third-order valence-electron chi connectivity index (χ3n) is 4.70. The van der Waals surface area contributed by atoms with E-state index in [0.29, 0.717) is 24.2 Å². The lowest BCUT2D eigenvalue weighted by molar-refractivity contribution is 0.0600. The van der Waals surface area contributed by atoms with Gasteiger partial charge in [-0.15, -0.1) is 0 Å². The van der Waals surface area contributed by atoms with E-state index in [2.05, 4.69) is 9.46 Å². The number of amides is 1.